The number of benzene rings is 2. The van der Waals surface area contributed by atoms with Crippen molar-refractivity contribution in [1.82, 2.24) is 0 Å². The van der Waals surface area contributed by atoms with Crippen molar-refractivity contribution in [2.45, 2.75) is 6.92 Å². The van der Waals surface area contributed by atoms with E-state index in [2.05, 4.69) is 0 Å². The SMILES string of the molecule is CC(=O)c1ccccc1C(=S)c1ccccc1. The zero-order valence-corrected chi connectivity index (χ0v) is 10.3. The molecule has 0 aliphatic carbocycles. The largest absolute Gasteiger partial charge is 0.294 e. The van der Waals surface area contributed by atoms with Crippen molar-refractivity contribution in [2.75, 3.05) is 0 Å². The van der Waals surface area contributed by atoms with Gasteiger partial charge in [-0.2, -0.15) is 0 Å². The molecule has 2 aromatic rings. The molecule has 17 heavy (non-hydrogen) atoms. The standard InChI is InChI=1S/C15H12OS/c1-11(16)13-9-5-6-10-14(13)15(17)12-7-3-2-4-8-12/h2-10H,1H3. The molecule has 2 rings (SSSR count). The molecule has 0 fully saturated rings. The summed E-state index contributed by atoms with van der Waals surface area (Å²) in [7, 11) is 0. The van der Waals surface area contributed by atoms with Crippen LogP contribution in [0.5, 0.6) is 0 Å². The summed E-state index contributed by atoms with van der Waals surface area (Å²) < 4.78 is 0. The van der Waals surface area contributed by atoms with Crippen LogP contribution in [0.2, 0.25) is 0 Å². The fourth-order valence-electron chi connectivity index (χ4n) is 1.73. The molecule has 0 unspecified atom stereocenters. The molecule has 2 aromatic carbocycles. The van der Waals surface area contributed by atoms with E-state index < -0.39 is 0 Å². The van der Waals surface area contributed by atoms with Crippen LogP contribution in [0.25, 0.3) is 0 Å². The molecule has 0 saturated heterocycles. The zero-order valence-electron chi connectivity index (χ0n) is 9.51. The topological polar surface area (TPSA) is 17.1 Å². The van der Waals surface area contributed by atoms with E-state index in [0.29, 0.717) is 5.56 Å². The fourth-order valence-corrected chi connectivity index (χ4v) is 2.05. The molecule has 0 aliphatic rings. The highest BCUT2D eigenvalue weighted by Crippen LogP contribution is 2.16. The Morgan fingerprint density at radius 1 is 0.882 bits per heavy atom. The normalized spacial score (nSPS) is 9.94. The third kappa shape index (κ3) is 2.48. The van der Waals surface area contributed by atoms with E-state index in [1.807, 2.05) is 54.6 Å². The number of ketones is 1. The molecule has 84 valence electrons. The van der Waals surface area contributed by atoms with Gasteiger partial charge in [0.1, 0.15) is 0 Å². The van der Waals surface area contributed by atoms with Crippen LogP contribution in [0.4, 0.5) is 0 Å². The second-order valence-corrected chi connectivity index (χ2v) is 4.21. The van der Waals surface area contributed by atoms with Gasteiger partial charge in [-0.05, 0) is 12.5 Å². The summed E-state index contributed by atoms with van der Waals surface area (Å²) in [6, 6.07) is 17.2. The second-order valence-electron chi connectivity index (χ2n) is 3.80. The van der Waals surface area contributed by atoms with Gasteiger partial charge in [-0.15, -0.1) is 0 Å². The minimum absolute atomic E-state index is 0.0406. The number of hydrogen-bond acceptors (Lipinski definition) is 2. The summed E-state index contributed by atoms with van der Waals surface area (Å²) in [6.07, 6.45) is 0. The van der Waals surface area contributed by atoms with E-state index in [4.69, 9.17) is 12.2 Å². The molecule has 0 radical (unpaired) electrons. The van der Waals surface area contributed by atoms with E-state index >= 15 is 0 Å². The maximum Gasteiger partial charge on any atom is 0.160 e. The predicted molar refractivity (Wildman–Crippen MR) is 73.7 cm³/mol. The third-order valence-electron chi connectivity index (χ3n) is 2.59. The molecule has 0 saturated carbocycles. The predicted octanol–water partition coefficient (Wildman–Crippen LogP) is 3.66. The Morgan fingerprint density at radius 3 is 2.00 bits per heavy atom. The van der Waals surface area contributed by atoms with Gasteiger partial charge in [0.15, 0.2) is 5.78 Å². The molecular weight excluding hydrogens is 228 g/mol. The molecule has 0 N–H and O–H groups in total. The average molecular weight is 240 g/mol. The fraction of sp³-hybridized carbons (Fsp3) is 0.0667. The number of rotatable bonds is 3. The Labute approximate surface area is 106 Å². The van der Waals surface area contributed by atoms with Crippen LogP contribution in [0, 0.1) is 0 Å². The van der Waals surface area contributed by atoms with E-state index in [-0.39, 0.29) is 5.78 Å². The maximum atomic E-state index is 11.5. The van der Waals surface area contributed by atoms with Gasteiger partial charge < -0.3 is 0 Å². The highest BCUT2D eigenvalue weighted by atomic mass is 32.1. The van der Waals surface area contributed by atoms with Gasteiger partial charge in [0.2, 0.25) is 0 Å². The lowest BCUT2D eigenvalue weighted by molar-refractivity contribution is 0.101. The molecule has 0 heterocycles. The Balaban J connectivity index is 2.48. The summed E-state index contributed by atoms with van der Waals surface area (Å²) >= 11 is 5.44. The first-order valence-electron chi connectivity index (χ1n) is 5.40. The summed E-state index contributed by atoms with van der Waals surface area (Å²) in [6.45, 7) is 1.56. The number of Topliss-reactive ketones (excluding diaryl/α,β-unsaturated/α-hetero) is 1. The van der Waals surface area contributed by atoms with Gasteiger partial charge in [0, 0.05) is 11.1 Å². The minimum Gasteiger partial charge on any atom is -0.294 e. The van der Waals surface area contributed by atoms with Crippen LogP contribution < -0.4 is 0 Å². The Morgan fingerprint density at radius 2 is 1.41 bits per heavy atom. The van der Waals surface area contributed by atoms with E-state index in [0.717, 1.165) is 16.0 Å². The number of carbonyl (C=O) groups is 1. The highest BCUT2D eigenvalue weighted by molar-refractivity contribution is 7.81. The van der Waals surface area contributed by atoms with Crippen molar-refractivity contribution in [3.8, 4) is 0 Å². The molecular formula is C15H12OS. The van der Waals surface area contributed by atoms with Crippen LogP contribution in [0.15, 0.2) is 54.6 Å². The lowest BCUT2D eigenvalue weighted by Gasteiger charge is -2.08. The Bertz CT molecular complexity index is 558. The van der Waals surface area contributed by atoms with E-state index in [1.165, 1.54) is 0 Å². The lowest BCUT2D eigenvalue weighted by Crippen LogP contribution is -2.06. The molecule has 0 amide bonds. The van der Waals surface area contributed by atoms with Crippen molar-refractivity contribution in [3.63, 3.8) is 0 Å². The summed E-state index contributed by atoms with van der Waals surface area (Å²) in [4.78, 5) is 12.3. The van der Waals surface area contributed by atoms with E-state index in [1.54, 1.807) is 6.92 Å². The molecule has 1 nitrogen and oxygen atoms in total. The first kappa shape index (κ1) is 11.7. The van der Waals surface area contributed by atoms with Crippen molar-refractivity contribution in [1.29, 1.82) is 0 Å². The summed E-state index contributed by atoms with van der Waals surface area (Å²) in [5.41, 5.74) is 2.48. The summed E-state index contributed by atoms with van der Waals surface area (Å²) in [5.74, 6) is 0.0406. The highest BCUT2D eigenvalue weighted by Gasteiger charge is 2.11. The van der Waals surface area contributed by atoms with Crippen molar-refractivity contribution in [3.05, 3.63) is 71.3 Å². The van der Waals surface area contributed by atoms with Crippen molar-refractivity contribution in [2.24, 2.45) is 0 Å². The van der Waals surface area contributed by atoms with Crippen molar-refractivity contribution >= 4 is 22.9 Å². The smallest absolute Gasteiger partial charge is 0.160 e. The van der Waals surface area contributed by atoms with Gasteiger partial charge in [-0.1, -0.05) is 66.8 Å². The lowest BCUT2D eigenvalue weighted by atomic mass is 9.97. The zero-order chi connectivity index (χ0) is 12.3. The van der Waals surface area contributed by atoms with Crippen LogP contribution >= 0.6 is 12.2 Å². The number of carbonyl (C=O) groups excluding carboxylic acids is 1. The molecule has 0 aliphatic heterocycles. The Hall–Kier alpha value is -1.80. The number of hydrogen-bond donors (Lipinski definition) is 0. The molecule has 2 heteroatoms. The molecule has 0 aromatic heterocycles. The van der Waals surface area contributed by atoms with Gasteiger partial charge in [0.05, 0.1) is 4.86 Å². The van der Waals surface area contributed by atoms with Crippen LogP contribution in [-0.2, 0) is 0 Å². The monoisotopic (exact) mass is 240 g/mol. The van der Waals surface area contributed by atoms with Crippen LogP contribution in [-0.4, -0.2) is 10.6 Å². The quantitative estimate of drug-likeness (QED) is 0.601. The molecule has 0 atom stereocenters. The minimum atomic E-state index is 0.0406. The van der Waals surface area contributed by atoms with Crippen LogP contribution in [0.3, 0.4) is 0 Å². The first-order valence-corrected chi connectivity index (χ1v) is 5.80. The molecule has 0 bridgehead atoms. The van der Waals surface area contributed by atoms with Gasteiger partial charge in [-0.25, -0.2) is 0 Å². The maximum absolute atomic E-state index is 11.5. The van der Waals surface area contributed by atoms with Crippen LogP contribution in [0.1, 0.15) is 28.4 Å². The van der Waals surface area contributed by atoms with Gasteiger partial charge >= 0.3 is 0 Å². The Kier molecular flexibility index (Phi) is 3.45. The first-order chi connectivity index (χ1) is 8.20. The summed E-state index contributed by atoms with van der Waals surface area (Å²) in [5, 5.41) is 0. The van der Waals surface area contributed by atoms with Gasteiger partial charge in [-0.3, -0.25) is 4.79 Å². The second kappa shape index (κ2) is 5.02. The molecule has 0 spiro atoms. The van der Waals surface area contributed by atoms with Crippen molar-refractivity contribution < 1.29 is 4.79 Å². The third-order valence-corrected chi connectivity index (χ3v) is 3.04. The van der Waals surface area contributed by atoms with Gasteiger partial charge in [0.25, 0.3) is 0 Å². The average Bonchev–Trinajstić information content (AvgIpc) is 2.39. The van der Waals surface area contributed by atoms with E-state index in [9.17, 15) is 4.79 Å². The number of thiocarbonyl (C=S) groups is 1.